The number of carbonyl (C=O) groups is 1. The molecule has 10 heteroatoms. The lowest BCUT2D eigenvalue weighted by Gasteiger charge is -2.32. The van der Waals surface area contributed by atoms with E-state index in [4.69, 9.17) is 20.4 Å². The van der Waals surface area contributed by atoms with Gasteiger partial charge in [0.15, 0.2) is 17.3 Å². The van der Waals surface area contributed by atoms with E-state index in [1.807, 2.05) is 46.0 Å². The van der Waals surface area contributed by atoms with Gasteiger partial charge in [-0.15, -0.1) is 0 Å². The van der Waals surface area contributed by atoms with E-state index in [1.54, 1.807) is 17.1 Å². The van der Waals surface area contributed by atoms with Crippen LogP contribution in [0.15, 0.2) is 79.8 Å². The van der Waals surface area contributed by atoms with Crippen molar-refractivity contribution in [2.45, 2.75) is 25.2 Å². The number of pyridine rings is 2. The summed E-state index contributed by atoms with van der Waals surface area (Å²) in [5.41, 5.74) is 10.6. The molecule has 1 unspecified atom stereocenters. The molecule has 0 aliphatic carbocycles. The molecule has 2 aliphatic rings. The average Bonchev–Trinajstić information content (AvgIpc) is 3.76. The summed E-state index contributed by atoms with van der Waals surface area (Å²) in [4.78, 5) is 28.0. The number of nitrogens with two attached hydrogens (primary N) is 1. The van der Waals surface area contributed by atoms with Crippen LogP contribution in [0, 0.1) is 5.92 Å². The summed E-state index contributed by atoms with van der Waals surface area (Å²) in [5.74, 6) is 3.53. The number of anilines is 1. The van der Waals surface area contributed by atoms with E-state index < -0.39 is 0 Å². The Morgan fingerprint density at radius 3 is 2.76 bits per heavy atom. The van der Waals surface area contributed by atoms with Crippen LogP contribution < -0.4 is 10.5 Å². The Bertz CT molecular complexity index is 1750. The maximum atomic E-state index is 12.0. The summed E-state index contributed by atoms with van der Waals surface area (Å²) < 4.78 is 9.99. The van der Waals surface area contributed by atoms with Crippen molar-refractivity contribution in [1.82, 2.24) is 34.2 Å². The molecule has 4 aromatic heterocycles. The second kappa shape index (κ2) is 10.2. The maximum absolute atomic E-state index is 12.0. The molecule has 0 saturated carbocycles. The Kier molecular flexibility index (Phi) is 6.22. The Morgan fingerprint density at radius 2 is 1.98 bits per heavy atom. The fraction of sp³-hybridized carbons (Fsp3) is 0.258. The molecule has 1 amide bonds. The van der Waals surface area contributed by atoms with E-state index in [0.717, 1.165) is 54.9 Å². The summed E-state index contributed by atoms with van der Waals surface area (Å²) in [7, 11) is 0. The van der Waals surface area contributed by atoms with E-state index in [9.17, 15) is 4.79 Å². The lowest BCUT2D eigenvalue weighted by atomic mass is 9.84. The van der Waals surface area contributed by atoms with Crippen LogP contribution in [0.1, 0.15) is 30.7 Å². The van der Waals surface area contributed by atoms with E-state index in [1.165, 1.54) is 11.6 Å². The summed E-state index contributed by atoms with van der Waals surface area (Å²) in [5, 5.41) is 4.35. The molecule has 6 heterocycles. The van der Waals surface area contributed by atoms with Crippen molar-refractivity contribution in [3.63, 3.8) is 0 Å². The SMILES string of the molecule is C=CC(=O)N1CCC(CC2COc3cc(-n4c(-c5cccnc5N)nc5ccc(-n6cccn6)nc54)ccc32)CC1. The first-order valence-corrected chi connectivity index (χ1v) is 13.9. The van der Waals surface area contributed by atoms with Crippen molar-refractivity contribution in [2.24, 2.45) is 5.92 Å². The molecule has 0 bridgehead atoms. The third kappa shape index (κ3) is 4.51. The largest absolute Gasteiger partial charge is 0.493 e. The van der Waals surface area contributed by atoms with Gasteiger partial charge in [-0.25, -0.2) is 19.6 Å². The number of amides is 1. The van der Waals surface area contributed by atoms with Crippen LogP contribution >= 0.6 is 0 Å². The van der Waals surface area contributed by atoms with Gasteiger partial charge in [-0.1, -0.05) is 12.6 Å². The quantitative estimate of drug-likeness (QED) is 0.311. The second-order valence-electron chi connectivity index (χ2n) is 10.6. The molecule has 7 rings (SSSR count). The van der Waals surface area contributed by atoms with Gasteiger partial charge in [0.05, 0.1) is 17.9 Å². The normalized spacial score (nSPS) is 17.0. The topological polar surface area (TPSA) is 117 Å². The van der Waals surface area contributed by atoms with E-state index in [-0.39, 0.29) is 5.91 Å². The molecule has 0 spiro atoms. The van der Waals surface area contributed by atoms with Crippen LogP contribution in [0.5, 0.6) is 5.75 Å². The molecule has 1 fully saturated rings. The van der Waals surface area contributed by atoms with Crippen LogP contribution in [0.25, 0.3) is 34.1 Å². The minimum atomic E-state index is 0.0243. The lowest BCUT2D eigenvalue weighted by Crippen LogP contribution is -2.37. The number of rotatable bonds is 6. The van der Waals surface area contributed by atoms with Crippen LogP contribution in [0.3, 0.4) is 0 Å². The minimum absolute atomic E-state index is 0.0243. The molecule has 0 radical (unpaired) electrons. The van der Waals surface area contributed by atoms with E-state index >= 15 is 0 Å². The maximum Gasteiger partial charge on any atom is 0.245 e. The number of aromatic nitrogens is 6. The number of hydrogen-bond donors (Lipinski definition) is 1. The van der Waals surface area contributed by atoms with Gasteiger partial charge in [0.1, 0.15) is 17.1 Å². The number of likely N-dealkylation sites (tertiary alicyclic amines) is 1. The van der Waals surface area contributed by atoms with Gasteiger partial charge in [0, 0.05) is 49.2 Å². The van der Waals surface area contributed by atoms with Gasteiger partial charge < -0.3 is 15.4 Å². The number of carbonyl (C=O) groups excluding carboxylic acids is 1. The molecule has 5 aromatic rings. The Labute approximate surface area is 237 Å². The Morgan fingerprint density at radius 1 is 1.10 bits per heavy atom. The molecule has 1 atom stereocenters. The molecule has 1 saturated heterocycles. The number of fused-ring (bicyclic) bond motifs is 2. The van der Waals surface area contributed by atoms with Crippen molar-refractivity contribution in [3.8, 4) is 28.6 Å². The van der Waals surface area contributed by atoms with Crippen molar-refractivity contribution >= 4 is 22.9 Å². The molecule has 206 valence electrons. The number of hydrogen-bond acceptors (Lipinski definition) is 7. The first-order chi connectivity index (χ1) is 20.1. The summed E-state index contributed by atoms with van der Waals surface area (Å²) in [6.07, 6.45) is 9.72. The number of ether oxygens (including phenoxy) is 1. The summed E-state index contributed by atoms with van der Waals surface area (Å²) in [6.45, 7) is 5.85. The van der Waals surface area contributed by atoms with Crippen LogP contribution in [-0.2, 0) is 4.79 Å². The van der Waals surface area contributed by atoms with Crippen LogP contribution in [0.4, 0.5) is 5.82 Å². The third-order valence-corrected chi connectivity index (χ3v) is 8.16. The van der Waals surface area contributed by atoms with Gasteiger partial charge in [-0.3, -0.25) is 9.36 Å². The number of nitrogens with zero attached hydrogens (tertiary/aromatic N) is 7. The molecule has 41 heavy (non-hydrogen) atoms. The highest BCUT2D eigenvalue weighted by atomic mass is 16.5. The number of imidazole rings is 1. The van der Waals surface area contributed by atoms with Crippen molar-refractivity contribution < 1.29 is 9.53 Å². The lowest BCUT2D eigenvalue weighted by molar-refractivity contribution is -0.127. The molecule has 2 N–H and O–H groups in total. The zero-order chi connectivity index (χ0) is 27.9. The van der Waals surface area contributed by atoms with E-state index in [0.29, 0.717) is 41.6 Å². The summed E-state index contributed by atoms with van der Waals surface area (Å²) >= 11 is 0. The van der Waals surface area contributed by atoms with Crippen molar-refractivity contribution in [3.05, 3.63) is 85.3 Å². The van der Waals surface area contributed by atoms with Gasteiger partial charge in [0.25, 0.3) is 0 Å². The number of benzene rings is 1. The van der Waals surface area contributed by atoms with Gasteiger partial charge in [-0.2, -0.15) is 5.10 Å². The highest BCUT2D eigenvalue weighted by molar-refractivity contribution is 5.87. The second-order valence-corrected chi connectivity index (χ2v) is 10.6. The Hall–Kier alpha value is -4.99. The molecule has 10 nitrogen and oxygen atoms in total. The van der Waals surface area contributed by atoms with Crippen molar-refractivity contribution in [2.75, 3.05) is 25.4 Å². The molecule has 2 aliphatic heterocycles. The van der Waals surface area contributed by atoms with Crippen LogP contribution in [-0.4, -0.2) is 59.8 Å². The summed E-state index contributed by atoms with van der Waals surface area (Å²) in [6, 6.07) is 15.8. The first kappa shape index (κ1) is 25.0. The standard InChI is InChI=1S/C31H30N8O2/c1-2-28(40)37-15-10-20(11-16-37)17-21-19-41-26-18-22(6-7-23(21)26)39-30(24-5-3-12-33-29(24)32)35-25-8-9-27(36-31(25)39)38-14-4-13-34-38/h2-9,12-14,18,20-21H,1,10-11,15-17,19H2,(H2,32,33). The van der Waals surface area contributed by atoms with Crippen LogP contribution in [0.2, 0.25) is 0 Å². The third-order valence-electron chi connectivity index (χ3n) is 8.16. The van der Waals surface area contributed by atoms with Crippen molar-refractivity contribution in [1.29, 1.82) is 0 Å². The molecular weight excluding hydrogens is 516 g/mol. The number of piperidine rings is 1. The zero-order valence-electron chi connectivity index (χ0n) is 22.6. The van der Waals surface area contributed by atoms with Gasteiger partial charge in [-0.05, 0) is 67.7 Å². The van der Waals surface area contributed by atoms with E-state index in [2.05, 4.69) is 34.9 Å². The zero-order valence-corrected chi connectivity index (χ0v) is 22.6. The fourth-order valence-corrected chi connectivity index (χ4v) is 6.03. The molecular formula is C31H30N8O2. The number of nitrogen functional groups attached to an aromatic ring is 1. The Balaban J connectivity index is 1.24. The molecule has 1 aromatic carbocycles. The predicted molar refractivity (Wildman–Crippen MR) is 156 cm³/mol. The fourth-order valence-electron chi connectivity index (χ4n) is 6.03. The monoisotopic (exact) mass is 546 g/mol. The first-order valence-electron chi connectivity index (χ1n) is 13.9. The minimum Gasteiger partial charge on any atom is -0.493 e. The smallest absolute Gasteiger partial charge is 0.245 e. The highest BCUT2D eigenvalue weighted by Crippen LogP contribution is 2.41. The average molecular weight is 547 g/mol. The predicted octanol–water partition coefficient (Wildman–Crippen LogP) is 4.54. The van der Waals surface area contributed by atoms with Gasteiger partial charge >= 0.3 is 0 Å². The van der Waals surface area contributed by atoms with Gasteiger partial charge in [0.2, 0.25) is 5.91 Å². The highest BCUT2D eigenvalue weighted by Gasteiger charge is 2.30.